The molecule has 1 saturated heterocycles. The van der Waals surface area contributed by atoms with Gasteiger partial charge in [0, 0.05) is 18.7 Å². The zero-order chi connectivity index (χ0) is 15.5. The predicted octanol–water partition coefficient (Wildman–Crippen LogP) is 2.97. The molecule has 1 unspecified atom stereocenters. The van der Waals surface area contributed by atoms with Crippen molar-refractivity contribution in [3.8, 4) is 0 Å². The first kappa shape index (κ1) is 15.5. The Kier molecular flexibility index (Phi) is 4.66. The zero-order valence-corrected chi connectivity index (χ0v) is 12.8. The van der Waals surface area contributed by atoms with Gasteiger partial charge in [0.15, 0.2) is 0 Å². The van der Waals surface area contributed by atoms with Crippen LogP contribution in [-0.4, -0.2) is 35.0 Å². The van der Waals surface area contributed by atoms with Gasteiger partial charge in [0.2, 0.25) is 0 Å². The Morgan fingerprint density at radius 2 is 1.95 bits per heavy atom. The van der Waals surface area contributed by atoms with Gasteiger partial charge in [0.1, 0.15) is 0 Å². The van der Waals surface area contributed by atoms with E-state index in [9.17, 15) is 14.7 Å². The number of aryl methyl sites for hydroxylation is 1. The van der Waals surface area contributed by atoms with Crippen molar-refractivity contribution in [1.82, 2.24) is 4.90 Å². The molecule has 4 heteroatoms. The number of rotatable bonds is 4. The van der Waals surface area contributed by atoms with Crippen molar-refractivity contribution in [3.63, 3.8) is 0 Å². The van der Waals surface area contributed by atoms with E-state index in [4.69, 9.17) is 0 Å². The third-order valence-electron chi connectivity index (χ3n) is 4.24. The molecular weight excluding hydrogens is 266 g/mol. The molecule has 1 fully saturated rings. The maximum atomic E-state index is 12.5. The third kappa shape index (κ3) is 3.43. The summed E-state index contributed by atoms with van der Waals surface area (Å²) in [7, 11) is 0. The second kappa shape index (κ2) is 6.29. The molecule has 2 rings (SSSR count). The molecule has 114 valence electrons. The number of nitrogens with zero attached hydrogens (tertiary/aromatic N) is 1. The van der Waals surface area contributed by atoms with Gasteiger partial charge in [-0.2, -0.15) is 0 Å². The molecular formula is C17H23NO3. The van der Waals surface area contributed by atoms with Gasteiger partial charge in [-0.1, -0.05) is 25.5 Å². The van der Waals surface area contributed by atoms with Crippen molar-refractivity contribution >= 4 is 11.9 Å². The minimum Gasteiger partial charge on any atom is -0.481 e. The highest BCUT2D eigenvalue weighted by atomic mass is 16.4. The second-order valence-corrected chi connectivity index (χ2v) is 6.14. The minimum atomic E-state index is -0.823. The monoisotopic (exact) mass is 289 g/mol. The fourth-order valence-electron chi connectivity index (χ4n) is 2.87. The number of carbonyl (C=O) groups is 2. The van der Waals surface area contributed by atoms with Gasteiger partial charge in [-0.25, -0.2) is 0 Å². The molecule has 0 spiro atoms. The topological polar surface area (TPSA) is 57.6 Å². The van der Waals surface area contributed by atoms with Crippen molar-refractivity contribution < 1.29 is 14.7 Å². The van der Waals surface area contributed by atoms with Crippen molar-refractivity contribution in [1.29, 1.82) is 0 Å². The molecule has 1 aliphatic heterocycles. The molecule has 0 aromatic heterocycles. The largest absolute Gasteiger partial charge is 0.481 e. The number of carboxylic acids is 1. The van der Waals surface area contributed by atoms with Gasteiger partial charge in [-0.15, -0.1) is 0 Å². The number of aliphatic carboxylic acids is 1. The van der Waals surface area contributed by atoms with Gasteiger partial charge in [-0.05, 0) is 43.9 Å². The molecule has 0 saturated carbocycles. The van der Waals surface area contributed by atoms with Crippen LogP contribution in [0.15, 0.2) is 24.3 Å². The molecule has 0 radical (unpaired) electrons. The number of hydrogen-bond acceptors (Lipinski definition) is 2. The quantitative estimate of drug-likeness (QED) is 0.927. The van der Waals surface area contributed by atoms with E-state index in [1.165, 1.54) is 5.56 Å². The molecule has 1 heterocycles. The van der Waals surface area contributed by atoms with Crippen LogP contribution in [0.5, 0.6) is 0 Å². The molecule has 1 amide bonds. The van der Waals surface area contributed by atoms with Crippen LogP contribution >= 0.6 is 0 Å². The average Bonchev–Trinajstić information content (AvgIpc) is 2.47. The van der Waals surface area contributed by atoms with Gasteiger partial charge >= 0.3 is 5.97 Å². The van der Waals surface area contributed by atoms with Crippen LogP contribution in [0, 0.1) is 5.41 Å². The summed E-state index contributed by atoms with van der Waals surface area (Å²) in [5.74, 6) is -0.886. The summed E-state index contributed by atoms with van der Waals surface area (Å²) in [5, 5.41) is 9.33. The van der Waals surface area contributed by atoms with Crippen LogP contribution in [0.2, 0.25) is 0 Å². The Balaban J connectivity index is 2.10. The van der Waals surface area contributed by atoms with E-state index in [1.807, 2.05) is 24.3 Å². The molecule has 0 aliphatic carbocycles. The molecule has 4 nitrogen and oxygen atoms in total. The van der Waals surface area contributed by atoms with Gasteiger partial charge in [0.05, 0.1) is 5.41 Å². The Hall–Kier alpha value is -1.84. The summed E-state index contributed by atoms with van der Waals surface area (Å²) in [5.41, 5.74) is 1.04. The number of benzene rings is 1. The van der Waals surface area contributed by atoms with Crippen LogP contribution in [-0.2, 0) is 11.2 Å². The molecule has 1 aromatic rings. The first-order chi connectivity index (χ1) is 9.96. The van der Waals surface area contributed by atoms with Crippen molar-refractivity contribution in [2.24, 2.45) is 5.41 Å². The predicted molar refractivity (Wildman–Crippen MR) is 81.3 cm³/mol. The highest BCUT2D eigenvalue weighted by Gasteiger charge is 2.39. The Bertz CT molecular complexity index is 523. The Morgan fingerprint density at radius 1 is 1.29 bits per heavy atom. The number of amides is 1. The lowest BCUT2D eigenvalue weighted by Crippen LogP contribution is -2.48. The molecule has 21 heavy (non-hydrogen) atoms. The molecule has 1 aliphatic rings. The van der Waals surface area contributed by atoms with E-state index in [0.29, 0.717) is 18.5 Å². The number of likely N-dealkylation sites (tertiary alicyclic amines) is 1. The molecule has 1 atom stereocenters. The zero-order valence-electron chi connectivity index (χ0n) is 12.8. The number of carboxylic acid groups (broad SMARTS) is 1. The molecule has 1 aromatic carbocycles. The first-order valence-electron chi connectivity index (χ1n) is 7.58. The molecule has 0 bridgehead atoms. The fraction of sp³-hybridized carbons (Fsp3) is 0.529. The highest BCUT2D eigenvalue weighted by molar-refractivity contribution is 5.94. The van der Waals surface area contributed by atoms with Crippen LogP contribution in [0.25, 0.3) is 0 Å². The smallest absolute Gasteiger partial charge is 0.311 e. The first-order valence-corrected chi connectivity index (χ1v) is 7.58. The van der Waals surface area contributed by atoms with E-state index >= 15 is 0 Å². The Morgan fingerprint density at radius 3 is 2.52 bits per heavy atom. The highest BCUT2D eigenvalue weighted by Crippen LogP contribution is 2.30. The van der Waals surface area contributed by atoms with E-state index in [0.717, 1.165) is 19.3 Å². The number of hydrogen-bond donors (Lipinski definition) is 1. The van der Waals surface area contributed by atoms with Crippen LogP contribution in [0.4, 0.5) is 0 Å². The average molecular weight is 289 g/mol. The second-order valence-electron chi connectivity index (χ2n) is 6.14. The maximum Gasteiger partial charge on any atom is 0.311 e. The molecule has 1 N–H and O–H groups in total. The lowest BCUT2D eigenvalue weighted by molar-refractivity contribution is -0.150. The minimum absolute atomic E-state index is 0.0646. The third-order valence-corrected chi connectivity index (χ3v) is 4.24. The van der Waals surface area contributed by atoms with Gasteiger partial charge in [0.25, 0.3) is 5.91 Å². The Labute approximate surface area is 125 Å². The lowest BCUT2D eigenvalue weighted by Gasteiger charge is -2.37. The van der Waals surface area contributed by atoms with Crippen molar-refractivity contribution in [3.05, 3.63) is 35.4 Å². The van der Waals surface area contributed by atoms with E-state index in [-0.39, 0.29) is 12.5 Å². The standard InChI is InChI=1S/C17H23NO3/c1-3-5-13-6-8-14(9-7-13)15(19)18-11-4-10-17(2,12-18)16(20)21/h6-9H,3-5,10-12H2,1-2H3,(H,20,21). The number of carbonyl (C=O) groups excluding carboxylic acids is 1. The number of piperidine rings is 1. The summed E-state index contributed by atoms with van der Waals surface area (Å²) in [6.45, 7) is 4.77. The summed E-state index contributed by atoms with van der Waals surface area (Å²) in [6, 6.07) is 7.66. The van der Waals surface area contributed by atoms with E-state index in [2.05, 4.69) is 6.92 Å². The van der Waals surface area contributed by atoms with Crippen LogP contribution < -0.4 is 0 Å². The summed E-state index contributed by atoms with van der Waals surface area (Å²) in [4.78, 5) is 25.5. The van der Waals surface area contributed by atoms with Crippen molar-refractivity contribution in [2.45, 2.75) is 39.5 Å². The summed E-state index contributed by atoms with van der Waals surface area (Å²) < 4.78 is 0. The summed E-state index contributed by atoms with van der Waals surface area (Å²) >= 11 is 0. The maximum absolute atomic E-state index is 12.5. The lowest BCUT2D eigenvalue weighted by atomic mass is 9.82. The SMILES string of the molecule is CCCc1ccc(C(=O)N2CCCC(C)(C(=O)O)C2)cc1. The fourth-order valence-corrected chi connectivity index (χ4v) is 2.87. The summed E-state index contributed by atoms with van der Waals surface area (Å²) in [6.07, 6.45) is 3.45. The van der Waals surface area contributed by atoms with Crippen LogP contribution in [0.1, 0.15) is 49.0 Å². The van der Waals surface area contributed by atoms with E-state index in [1.54, 1.807) is 11.8 Å². The van der Waals surface area contributed by atoms with E-state index < -0.39 is 11.4 Å². The normalized spacial score (nSPS) is 22.1. The van der Waals surface area contributed by atoms with Crippen molar-refractivity contribution in [2.75, 3.05) is 13.1 Å². The van der Waals surface area contributed by atoms with Gasteiger partial charge in [-0.3, -0.25) is 9.59 Å². The van der Waals surface area contributed by atoms with Crippen LogP contribution in [0.3, 0.4) is 0 Å². The van der Waals surface area contributed by atoms with Gasteiger partial charge < -0.3 is 10.0 Å².